The van der Waals surface area contributed by atoms with Crippen LogP contribution >= 0.6 is 0 Å². The highest BCUT2D eigenvalue weighted by Crippen LogP contribution is 2.25. The molecule has 1 N–H and O–H groups in total. The smallest absolute Gasteiger partial charge is 0.128 e. The number of anilines is 1. The van der Waals surface area contributed by atoms with Crippen LogP contribution in [0.2, 0.25) is 0 Å². The van der Waals surface area contributed by atoms with Gasteiger partial charge in [-0.3, -0.25) is 4.90 Å². The SMILES string of the molecule is OC1CCCCCC1CN1CCN(c2ccccn2)CC1. The van der Waals surface area contributed by atoms with Crippen molar-refractivity contribution in [2.45, 2.75) is 38.2 Å². The molecule has 1 saturated carbocycles. The van der Waals surface area contributed by atoms with Gasteiger partial charge in [0.15, 0.2) is 0 Å². The lowest BCUT2D eigenvalue weighted by atomic mass is 9.96. The van der Waals surface area contributed by atoms with E-state index in [1.54, 1.807) is 0 Å². The van der Waals surface area contributed by atoms with Gasteiger partial charge in [-0.25, -0.2) is 4.98 Å². The largest absolute Gasteiger partial charge is 0.393 e. The highest BCUT2D eigenvalue weighted by atomic mass is 16.3. The zero-order valence-electron chi connectivity index (χ0n) is 12.8. The topological polar surface area (TPSA) is 39.6 Å². The molecule has 4 heteroatoms. The van der Waals surface area contributed by atoms with E-state index in [1.165, 1.54) is 25.7 Å². The molecular formula is C17H27N3O. The molecule has 2 fully saturated rings. The van der Waals surface area contributed by atoms with E-state index in [2.05, 4.69) is 26.9 Å². The standard InChI is InChI=1S/C17H27N3O/c21-16-7-3-1-2-6-15(16)14-19-10-12-20(13-11-19)17-8-4-5-9-18-17/h4-5,8-9,15-16,21H,1-3,6-7,10-14H2. The van der Waals surface area contributed by atoms with Crippen molar-refractivity contribution in [1.29, 1.82) is 0 Å². The predicted molar refractivity (Wildman–Crippen MR) is 85.5 cm³/mol. The second kappa shape index (κ2) is 7.23. The number of rotatable bonds is 3. The molecule has 3 rings (SSSR count). The second-order valence-corrected chi connectivity index (χ2v) is 6.44. The average molecular weight is 289 g/mol. The maximum absolute atomic E-state index is 10.3. The molecule has 4 nitrogen and oxygen atoms in total. The summed E-state index contributed by atoms with van der Waals surface area (Å²) in [5.74, 6) is 1.57. The molecule has 2 unspecified atom stereocenters. The van der Waals surface area contributed by atoms with Gasteiger partial charge < -0.3 is 10.0 Å². The molecule has 2 heterocycles. The number of aliphatic hydroxyl groups excluding tert-OH is 1. The minimum atomic E-state index is -0.0821. The maximum atomic E-state index is 10.3. The van der Waals surface area contributed by atoms with Crippen molar-refractivity contribution in [1.82, 2.24) is 9.88 Å². The number of hydrogen-bond donors (Lipinski definition) is 1. The molecule has 2 atom stereocenters. The Bertz CT molecular complexity index is 417. The summed E-state index contributed by atoms with van der Waals surface area (Å²) in [5, 5.41) is 10.3. The quantitative estimate of drug-likeness (QED) is 0.866. The Hall–Kier alpha value is -1.13. The first kappa shape index (κ1) is 14.8. The molecule has 0 spiro atoms. The fourth-order valence-corrected chi connectivity index (χ4v) is 3.61. The Labute approximate surface area is 127 Å². The molecule has 116 valence electrons. The lowest BCUT2D eigenvalue weighted by molar-refractivity contribution is 0.0718. The van der Waals surface area contributed by atoms with Gasteiger partial charge in [-0.2, -0.15) is 0 Å². The summed E-state index contributed by atoms with van der Waals surface area (Å²) in [6.07, 6.45) is 7.76. The van der Waals surface area contributed by atoms with Crippen LogP contribution in [0.4, 0.5) is 5.82 Å². The molecule has 0 aromatic carbocycles. The Morgan fingerprint density at radius 1 is 1.05 bits per heavy atom. The molecule has 0 radical (unpaired) electrons. The van der Waals surface area contributed by atoms with E-state index >= 15 is 0 Å². The highest BCUT2D eigenvalue weighted by Gasteiger charge is 2.26. The van der Waals surface area contributed by atoms with Gasteiger partial charge in [-0.15, -0.1) is 0 Å². The molecule has 1 aromatic heterocycles. The fraction of sp³-hybridized carbons (Fsp3) is 0.706. The number of nitrogens with zero attached hydrogens (tertiary/aromatic N) is 3. The van der Waals surface area contributed by atoms with Gasteiger partial charge in [0.1, 0.15) is 5.82 Å². The molecule has 21 heavy (non-hydrogen) atoms. The number of pyridine rings is 1. The molecule has 2 aliphatic rings. The molecule has 0 amide bonds. The van der Waals surface area contributed by atoms with Crippen molar-refractivity contribution in [3.05, 3.63) is 24.4 Å². The van der Waals surface area contributed by atoms with E-state index in [1.807, 2.05) is 12.3 Å². The average Bonchev–Trinajstić information content (AvgIpc) is 2.74. The third-order valence-corrected chi connectivity index (χ3v) is 4.96. The van der Waals surface area contributed by atoms with Gasteiger partial charge in [0.25, 0.3) is 0 Å². The van der Waals surface area contributed by atoms with Crippen LogP contribution in [0, 0.1) is 5.92 Å². The summed E-state index contributed by atoms with van der Waals surface area (Å²) in [6.45, 7) is 5.32. The highest BCUT2D eigenvalue weighted by molar-refractivity contribution is 5.38. The van der Waals surface area contributed by atoms with Gasteiger partial charge >= 0.3 is 0 Å². The van der Waals surface area contributed by atoms with Crippen molar-refractivity contribution in [3.8, 4) is 0 Å². The maximum Gasteiger partial charge on any atom is 0.128 e. The van der Waals surface area contributed by atoms with Crippen molar-refractivity contribution in [2.75, 3.05) is 37.6 Å². The monoisotopic (exact) mass is 289 g/mol. The van der Waals surface area contributed by atoms with Gasteiger partial charge in [0.05, 0.1) is 6.10 Å². The Balaban J connectivity index is 1.49. The summed E-state index contributed by atoms with van der Waals surface area (Å²) in [6, 6.07) is 6.11. The van der Waals surface area contributed by atoms with Crippen LogP contribution < -0.4 is 4.90 Å². The summed E-state index contributed by atoms with van der Waals surface area (Å²) < 4.78 is 0. The summed E-state index contributed by atoms with van der Waals surface area (Å²) in [7, 11) is 0. The first-order valence-electron chi connectivity index (χ1n) is 8.39. The molecule has 1 saturated heterocycles. The molecule has 0 bridgehead atoms. The Morgan fingerprint density at radius 3 is 2.62 bits per heavy atom. The normalized spacial score (nSPS) is 28.3. The number of hydrogen-bond acceptors (Lipinski definition) is 4. The van der Waals surface area contributed by atoms with E-state index in [0.29, 0.717) is 5.92 Å². The third-order valence-electron chi connectivity index (χ3n) is 4.96. The van der Waals surface area contributed by atoms with Crippen LogP contribution in [0.25, 0.3) is 0 Å². The van der Waals surface area contributed by atoms with Crippen LogP contribution in [-0.4, -0.2) is 53.8 Å². The van der Waals surface area contributed by atoms with Crippen molar-refractivity contribution >= 4 is 5.82 Å². The predicted octanol–water partition coefficient (Wildman–Crippen LogP) is 2.14. The van der Waals surface area contributed by atoms with Crippen molar-refractivity contribution in [3.63, 3.8) is 0 Å². The fourth-order valence-electron chi connectivity index (χ4n) is 3.61. The number of aromatic nitrogens is 1. The zero-order valence-corrected chi connectivity index (χ0v) is 12.8. The lowest BCUT2D eigenvalue weighted by Crippen LogP contribution is -2.49. The Kier molecular flexibility index (Phi) is 5.09. The minimum Gasteiger partial charge on any atom is -0.393 e. The van der Waals surface area contributed by atoms with E-state index in [-0.39, 0.29) is 6.10 Å². The molecule has 1 aliphatic carbocycles. The third kappa shape index (κ3) is 3.95. The van der Waals surface area contributed by atoms with Crippen molar-refractivity contribution < 1.29 is 5.11 Å². The van der Waals surface area contributed by atoms with Gasteiger partial charge in [-0.1, -0.05) is 25.3 Å². The number of aliphatic hydroxyl groups is 1. The van der Waals surface area contributed by atoms with Crippen LogP contribution in [0.15, 0.2) is 24.4 Å². The summed E-state index contributed by atoms with van der Waals surface area (Å²) >= 11 is 0. The van der Waals surface area contributed by atoms with Crippen LogP contribution in [0.3, 0.4) is 0 Å². The summed E-state index contributed by atoms with van der Waals surface area (Å²) in [4.78, 5) is 9.32. The molecule has 1 aromatic rings. The van der Waals surface area contributed by atoms with Crippen LogP contribution in [-0.2, 0) is 0 Å². The molecular weight excluding hydrogens is 262 g/mol. The van der Waals surface area contributed by atoms with Crippen LogP contribution in [0.1, 0.15) is 32.1 Å². The summed E-state index contributed by atoms with van der Waals surface area (Å²) in [5.41, 5.74) is 0. The van der Waals surface area contributed by atoms with E-state index in [9.17, 15) is 5.11 Å². The lowest BCUT2D eigenvalue weighted by Gasteiger charge is -2.37. The first-order valence-corrected chi connectivity index (χ1v) is 8.39. The molecule has 1 aliphatic heterocycles. The second-order valence-electron chi connectivity index (χ2n) is 6.44. The van der Waals surface area contributed by atoms with Gasteiger partial charge in [0.2, 0.25) is 0 Å². The minimum absolute atomic E-state index is 0.0821. The number of piperazine rings is 1. The van der Waals surface area contributed by atoms with E-state index in [4.69, 9.17) is 0 Å². The van der Waals surface area contributed by atoms with Gasteiger partial charge in [0, 0.05) is 38.9 Å². The first-order chi connectivity index (χ1) is 10.3. The van der Waals surface area contributed by atoms with Crippen LogP contribution in [0.5, 0.6) is 0 Å². The zero-order chi connectivity index (χ0) is 14.5. The van der Waals surface area contributed by atoms with Crippen molar-refractivity contribution in [2.24, 2.45) is 5.92 Å². The van der Waals surface area contributed by atoms with E-state index < -0.39 is 0 Å². The van der Waals surface area contributed by atoms with E-state index in [0.717, 1.165) is 45.0 Å². The Morgan fingerprint density at radius 2 is 1.86 bits per heavy atom. The van der Waals surface area contributed by atoms with Gasteiger partial charge in [-0.05, 0) is 30.9 Å².